The summed E-state index contributed by atoms with van der Waals surface area (Å²) in [6.07, 6.45) is -0.842. The quantitative estimate of drug-likeness (QED) is 0.791. The number of hydrogen-bond acceptors (Lipinski definition) is 4. The third-order valence-corrected chi connectivity index (χ3v) is 3.55. The maximum atomic E-state index is 12.3. The highest BCUT2D eigenvalue weighted by Crippen LogP contribution is 2.24. The normalized spacial score (nSPS) is 11.5. The second-order valence-electron chi connectivity index (χ2n) is 5.21. The molecule has 0 radical (unpaired) electrons. The minimum atomic E-state index is -0.842. The summed E-state index contributed by atoms with van der Waals surface area (Å²) in [5, 5.41) is 3.08. The van der Waals surface area contributed by atoms with Gasteiger partial charge in [-0.3, -0.25) is 9.59 Å². The highest BCUT2D eigenvalue weighted by Gasteiger charge is 2.18. The molecule has 2 amide bonds. The summed E-state index contributed by atoms with van der Waals surface area (Å²) in [5.74, 6) is -0.130. The van der Waals surface area contributed by atoms with Crippen molar-refractivity contribution < 1.29 is 19.1 Å². The summed E-state index contributed by atoms with van der Waals surface area (Å²) >= 11 is 5.85. The predicted octanol–water partition coefficient (Wildman–Crippen LogP) is 3.24. The molecule has 0 saturated heterocycles. The Bertz CT molecular complexity index is 762. The molecule has 0 heterocycles. The van der Waals surface area contributed by atoms with E-state index >= 15 is 0 Å². The van der Waals surface area contributed by atoms with Crippen LogP contribution in [-0.4, -0.2) is 24.5 Å². The molecule has 0 aliphatic carbocycles. The zero-order chi connectivity index (χ0) is 18.4. The van der Waals surface area contributed by atoms with E-state index in [9.17, 15) is 9.59 Å². The van der Waals surface area contributed by atoms with E-state index in [4.69, 9.17) is 26.8 Å². The van der Waals surface area contributed by atoms with Crippen molar-refractivity contribution in [3.05, 3.63) is 53.1 Å². The SMILES string of the molecule is CCOc1ccc(NC(=O)C(C)Oc2ccc(Cl)cc2C(N)=O)cc1. The molecular weight excluding hydrogens is 344 g/mol. The number of carbonyl (C=O) groups excluding carboxylic acids is 2. The van der Waals surface area contributed by atoms with E-state index in [0.29, 0.717) is 17.3 Å². The Labute approximate surface area is 150 Å². The minimum absolute atomic E-state index is 0.119. The van der Waals surface area contributed by atoms with Crippen LogP contribution in [0.1, 0.15) is 24.2 Å². The molecule has 0 spiro atoms. The Balaban J connectivity index is 2.04. The Hall–Kier alpha value is -2.73. The van der Waals surface area contributed by atoms with Crippen LogP contribution >= 0.6 is 11.6 Å². The number of carbonyl (C=O) groups is 2. The summed E-state index contributed by atoms with van der Waals surface area (Å²) in [4.78, 5) is 23.7. The third-order valence-electron chi connectivity index (χ3n) is 3.31. The number of ether oxygens (including phenoxy) is 2. The molecule has 7 heteroatoms. The molecule has 1 unspecified atom stereocenters. The molecule has 0 aliphatic heterocycles. The summed E-state index contributed by atoms with van der Waals surface area (Å²) in [5.41, 5.74) is 6.03. The summed E-state index contributed by atoms with van der Waals surface area (Å²) in [6, 6.07) is 11.4. The first-order valence-electron chi connectivity index (χ1n) is 7.70. The molecule has 0 aliphatic rings. The maximum Gasteiger partial charge on any atom is 0.265 e. The average Bonchev–Trinajstić information content (AvgIpc) is 2.58. The molecule has 3 N–H and O–H groups in total. The molecule has 2 rings (SSSR count). The molecule has 132 valence electrons. The highest BCUT2D eigenvalue weighted by molar-refractivity contribution is 6.31. The molecule has 0 aromatic heterocycles. The van der Waals surface area contributed by atoms with Gasteiger partial charge in [-0.25, -0.2) is 0 Å². The van der Waals surface area contributed by atoms with Crippen molar-refractivity contribution in [2.75, 3.05) is 11.9 Å². The van der Waals surface area contributed by atoms with Crippen molar-refractivity contribution in [3.8, 4) is 11.5 Å². The van der Waals surface area contributed by atoms with Crippen LogP contribution in [0.3, 0.4) is 0 Å². The largest absolute Gasteiger partial charge is 0.494 e. The van der Waals surface area contributed by atoms with E-state index < -0.39 is 12.0 Å². The lowest BCUT2D eigenvalue weighted by Crippen LogP contribution is -2.30. The van der Waals surface area contributed by atoms with Crippen molar-refractivity contribution in [2.24, 2.45) is 5.73 Å². The Morgan fingerprint density at radius 2 is 1.88 bits per heavy atom. The van der Waals surface area contributed by atoms with Crippen molar-refractivity contribution in [3.63, 3.8) is 0 Å². The van der Waals surface area contributed by atoms with Crippen molar-refractivity contribution in [1.82, 2.24) is 0 Å². The predicted molar refractivity (Wildman–Crippen MR) is 96.3 cm³/mol. The molecule has 2 aromatic rings. The van der Waals surface area contributed by atoms with Gasteiger partial charge in [-0.15, -0.1) is 0 Å². The fraction of sp³-hybridized carbons (Fsp3) is 0.222. The fourth-order valence-corrected chi connectivity index (χ4v) is 2.26. The number of nitrogens with two attached hydrogens (primary N) is 1. The van der Waals surface area contributed by atoms with E-state index in [1.165, 1.54) is 12.1 Å². The summed E-state index contributed by atoms with van der Waals surface area (Å²) < 4.78 is 10.9. The van der Waals surface area contributed by atoms with Gasteiger partial charge in [-0.1, -0.05) is 11.6 Å². The molecule has 0 bridgehead atoms. The molecule has 0 saturated carbocycles. The number of nitrogens with one attached hydrogen (secondary N) is 1. The molecule has 25 heavy (non-hydrogen) atoms. The van der Waals surface area contributed by atoms with Gasteiger partial charge in [0.2, 0.25) is 0 Å². The fourth-order valence-electron chi connectivity index (χ4n) is 2.09. The first-order valence-corrected chi connectivity index (χ1v) is 8.08. The Kier molecular flexibility index (Phi) is 6.25. The summed E-state index contributed by atoms with van der Waals surface area (Å²) in [7, 11) is 0. The van der Waals surface area contributed by atoms with E-state index in [2.05, 4.69) is 5.32 Å². The summed E-state index contributed by atoms with van der Waals surface area (Å²) in [6.45, 7) is 4.04. The van der Waals surface area contributed by atoms with E-state index in [1.54, 1.807) is 37.3 Å². The second-order valence-corrected chi connectivity index (χ2v) is 5.65. The van der Waals surface area contributed by atoms with Gasteiger partial charge in [0.25, 0.3) is 11.8 Å². The zero-order valence-electron chi connectivity index (χ0n) is 13.9. The van der Waals surface area contributed by atoms with Crippen LogP contribution in [-0.2, 0) is 4.79 Å². The number of primary amides is 1. The number of amides is 2. The minimum Gasteiger partial charge on any atom is -0.494 e. The van der Waals surface area contributed by atoms with Gasteiger partial charge < -0.3 is 20.5 Å². The number of halogens is 1. The van der Waals surface area contributed by atoms with E-state index in [0.717, 1.165) is 5.75 Å². The monoisotopic (exact) mass is 362 g/mol. The first-order chi connectivity index (χ1) is 11.9. The number of hydrogen-bond donors (Lipinski definition) is 2. The maximum absolute atomic E-state index is 12.3. The van der Waals surface area contributed by atoms with Crippen molar-refractivity contribution in [1.29, 1.82) is 0 Å². The van der Waals surface area contributed by atoms with Crippen LogP contribution in [0, 0.1) is 0 Å². The van der Waals surface area contributed by atoms with E-state index in [1.807, 2.05) is 6.92 Å². The van der Waals surface area contributed by atoms with Crippen molar-refractivity contribution in [2.45, 2.75) is 20.0 Å². The van der Waals surface area contributed by atoms with Crippen molar-refractivity contribution >= 4 is 29.1 Å². The Morgan fingerprint density at radius 1 is 1.20 bits per heavy atom. The number of benzene rings is 2. The lowest BCUT2D eigenvalue weighted by atomic mass is 10.2. The molecule has 1 atom stereocenters. The second kappa shape index (κ2) is 8.39. The smallest absolute Gasteiger partial charge is 0.265 e. The van der Waals surface area contributed by atoms with Gasteiger partial charge in [0.1, 0.15) is 11.5 Å². The van der Waals surface area contributed by atoms with Crippen LogP contribution in [0.4, 0.5) is 5.69 Å². The number of anilines is 1. The van der Waals surface area contributed by atoms with Gasteiger partial charge in [-0.05, 0) is 56.3 Å². The zero-order valence-corrected chi connectivity index (χ0v) is 14.7. The van der Waals surface area contributed by atoms with Gasteiger partial charge in [0.15, 0.2) is 6.10 Å². The highest BCUT2D eigenvalue weighted by atomic mass is 35.5. The van der Waals surface area contributed by atoms with Gasteiger partial charge in [-0.2, -0.15) is 0 Å². The average molecular weight is 363 g/mol. The Morgan fingerprint density at radius 3 is 2.48 bits per heavy atom. The molecule has 2 aromatic carbocycles. The van der Waals surface area contributed by atoms with Crippen LogP contribution in [0.15, 0.2) is 42.5 Å². The standard InChI is InChI=1S/C18H19ClN2O4/c1-3-24-14-7-5-13(6-8-14)21-18(23)11(2)25-16-9-4-12(19)10-15(16)17(20)22/h4-11H,3H2,1-2H3,(H2,20,22)(H,21,23). The van der Waals surface area contributed by atoms with Gasteiger partial charge in [0.05, 0.1) is 12.2 Å². The third kappa shape index (κ3) is 5.12. The lowest BCUT2D eigenvalue weighted by Gasteiger charge is -2.16. The molecular formula is C18H19ClN2O4. The lowest BCUT2D eigenvalue weighted by molar-refractivity contribution is -0.122. The first kappa shape index (κ1) is 18.6. The van der Waals surface area contributed by atoms with Gasteiger partial charge >= 0.3 is 0 Å². The number of rotatable bonds is 7. The van der Waals surface area contributed by atoms with Crippen LogP contribution in [0.25, 0.3) is 0 Å². The van der Waals surface area contributed by atoms with Crippen LogP contribution in [0.5, 0.6) is 11.5 Å². The topological polar surface area (TPSA) is 90.7 Å². The molecule has 6 nitrogen and oxygen atoms in total. The molecule has 0 fully saturated rings. The van der Waals surface area contributed by atoms with Crippen LogP contribution < -0.4 is 20.5 Å². The van der Waals surface area contributed by atoms with Crippen LogP contribution in [0.2, 0.25) is 5.02 Å². The van der Waals surface area contributed by atoms with Gasteiger partial charge in [0, 0.05) is 10.7 Å². The van der Waals surface area contributed by atoms with E-state index in [-0.39, 0.29) is 17.2 Å².